The van der Waals surface area contributed by atoms with Gasteiger partial charge in [0.25, 0.3) is 0 Å². The molecule has 78 valence electrons. The lowest BCUT2D eigenvalue weighted by atomic mass is 9.99. The van der Waals surface area contributed by atoms with E-state index in [2.05, 4.69) is 23.9 Å². The van der Waals surface area contributed by atoms with Crippen LogP contribution in [0.5, 0.6) is 0 Å². The monoisotopic (exact) mass is 204 g/mol. The fourth-order valence-electron chi connectivity index (χ4n) is 1.71. The number of hydrogen-bond donors (Lipinski definition) is 0. The molecule has 0 aromatic heterocycles. The molecule has 0 atom stereocenters. The average Bonchev–Trinajstić information content (AvgIpc) is 2.15. The number of halogens is 1. The fourth-order valence-corrected chi connectivity index (χ4v) is 2.01. The van der Waals surface area contributed by atoms with E-state index in [1.807, 2.05) is 0 Å². The Bertz CT molecular complexity index is 131. The Balaban J connectivity index is 2.10. The van der Waals surface area contributed by atoms with Crippen molar-refractivity contribution in [1.29, 1.82) is 0 Å². The Morgan fingerprint density at radius 3 is 2.38 bits per heavy atom. The molecule has 0 spiro atoms. The summed E-state index contributed by atoms with van der Waals surface area (Å²) in [7, 11) is 4.26. The van der Waals surface area contributed by atoms with Crippen molar-refractivity contribution in [2.75, 3.05) is 46.2 Å². The number of rotatable bonds is 4. The molecule has 0 saturated carbocycles. The van der Waals surface area contributed by atoms with E-state index in [0.717, 1.165) is 11.8 Å². The van der Waals surface area contributed by atoms with Crippen LogP contribution in [-0.4, -0.2) is 56.0 Å². The second-order valence-corrected chi connectivity index (χ2v) is 4.55. The van der Waals surface area contributed by atoms with Crippen molar-refractivity contribution in [2.45, 2.75) is 12.8 Å². The van der Waals surface area contributed by atoms with Crippen LogP contribution in [0.4, 0.5) is 0 Å². The van der Waals surface area contributed by atoms with Crippen molar-refractivity contribution in [2.24, 2.45) is 5.92 Å². The van der Waals surface area contributed by atoms with E-state index >= 15 is 0 Å². The van der Waals surface area contributed by atoms with Crippen LogP contribution < -0.4 is 0 Å². The standard InChI is InChI=1S/C10H21ClN2/c1-12(2)7-8-13-5-3-10(9-11)4-6-13/h10H,3-9H2,1-2H3. The largest absolute Gasteiger partial charge is 0.308 e. The van der Waals surface area contributed by atoms with Crippen molar-refractivity contribution in [1.82, 2.24) is 9.80 Å². The predicted octanol–water partition coefficient (Wildman–Crippen LogP) is 1.50. The molecule has 1 saturated heterocycles. The minimum absolute atomic E-state index is 0.775. The third-order valence-corrected chi connectivity index (χ3v) is 3.23. The van der Waals surface area contributed by atoms with Crippen molar-refractivity contribution in [3.8, 4) is 0 Å². The van der Waals surface area contributed by atoms with Gasteiger partial charge in [0.15, 0.2) is 0 Å². The van der Waals surface area contributed by atoms with Gasteiger partial charge in [-0.15, -0.1) is 11.6 Å². The van der Waals surface area contributed by atoms with E-state index in [0.29, 0.717) is 0 Å². The highest BCUT2D eigenvalue weighted by atomic mass is 35.5. The van der Waals surface area contributed by atoms with Gasteiger partial charge in [-0.2, -0.15) is 0 Å². The van der Waals surface area contributed by atoms with Crippen LogP contribution in [0.3, 0.4) is 0 Å². The summed E-state index contributed by atoms with van der Waals surface area (Å²) in [5.41, 5.74) is 0. The maximum Gasteiger partial charge on any atom is 0.0252 e. The van der Waals surface area contributed by atoms with Crippen molar-refractivity contribution in [3.63, 3.8) is 0 Å². The second-order valence-electron chi connectivity index (χ2n) is 4.24. The van der Waals surface area contributed by atoms with E-state index in [-0.39, 0.29) is 0 Å². The van der Waals surface area contributed by atoms with E-state index in [1.54, 1.807) is 0 Å². The number of likely N-dealkylation sites (N-methyl/N-ethyl adjacent to an activating group) is 1. The summed E-state index contributed by atoms with van der Waals surface area (Å²) in [6.45, 7) is 4.87. The number of likely N-dealkylation sites (tertiary alicyclic amines) is 1. The molecule has 2 nitrogen and oxygen atoms in total. The maximum absolute atomic E-state index is 5.83. The molecule has 1 aliphatic rings. The first-order chi connectivity index (χ1) is 6.22. The second kappa shape index (κ2) is 5.84. The van der Waals surface area contributed by atoms with Crippen LogP contribution in [0.1, 0.15) is 12.8 Å². The molecule has 0 bridgehead atoms. The zero-order valence-corrected chi connectivity index (χ0v) is 9.56. The van der Waals surface area contributed by atoms with Gasteiger partial charge in [-0.05, 0) is 45.9 Å². The first-order valence-corrected chi connectivity index (χ1v) is 5.69. The molecule has 0 N–H and O–H groups in total. The lowest BCUT2D eigenvalue weighted by Gasteiger charge is -2.31. The van der Waals surface area contributed by atoms with E-state index < -0.39 is 0 Å². The third-order valence-electron chi connectivity index (χ3n) is 2.79. The summed E-state index contributed by atoms with van der Waals surface area (Å²) in [4.78, 5) is 4.79. The quantitative estimate of drug-likeness (QED) is 0.641. The Morgan fingerprint density at radius 1 is 1.31 bits per heavy atom. The van der Waals surface area contributed by atoms with Crippen LogP contribution in [0.2, 0.25) is 0 Å². The molecule has 0 aromatic rings. The molecular weight excluding hydrogens is 184 g/mol. The number of alkyl halides is 1. The van der Waals surface area contributed by atoms with Gasteiger partial charge < -0.3 is 9.80 Å². The molecular formula is C10H21ClN2. The maximum atomic E-state index is 5.83. The van der Waals surface area contributed by atoms with Gasteiger partial charge in [0, 0.05) is 19.0 Å². The molecule has 0 aliphatic carbocycles. The van der Waals surface area contributed by atoms with Gasteiger partial charge >= 0.3 is 0 Å². The highest BCUT2D eigenvalue weighted by Crippen LogP contribution is 2.17. The van der Waals surface area contributed by atoms with Gasteiger partial charge in [0.1, 0.15) is 0 Å². The Kier molecular flexibility index (Phi) is 5.07. The smallest absolute Gasteiger partial charge is 0.0252 e. The summed E-state index contributed by atoms with van der Waals surface area (Å²) >= 11 is 5.83. The highest BCUT2D eigenvalue weighted by Gasteiger charge is 2.17. The van der Waals surface area contributed by atoms with Crippen LogP contribution in [0.15, 0.2) is 0 Å². The average molecular weight is 205 g/mol. The van der Waals surface area contributed by atoms with Crippen LogP contribution in [-0.2, 0) is 0 Å². The molecule has 0 unspecified atom stereocenters. The normalized spacial score (nSPS) is 21.2. The topological polar surface area (TPSA) is 6.48 Å². The van der Waals surface area contributed by atoms with Gasteiger partial charge in [-0.3, -0.25) is 0 Å². The third kappa shape index (κ3) is 4.30. The Morgan fingerprint density at radius 2 is 1.92 bits per heavy atom. The summed E-state index contributed by atoms with van der Waals surface area (Å²) in [5, 5.41) is 0. The van der Waals surface area contributed by atoms with Gasteiger partial charge in [0.05, 0.1) is 0 Å². The number of piperidine rings is 1. The van der Waals surface area contributed by atoms with Gasteiger partial charge in [0.2, 0.25) is 0 Å². The van der Waals surface area contributed by atoms with Gasteiger partial charge in [-0.1, -0.05) is 0 Å². The summed E-state index contributed by atoms with van der Waals surface area (Å²) in [6, 6.07) is 0. The molecule has 0 radical (unpaired) electrons. The molecule has 13 heavy (non-hydrogen) atoms. The first kappa shape index (κ1) is 11.3. The summed E-state index contributed by atoms with van der Waals surface area (Å²) < 4.78 is 0. The van der Waals surface area contributed by atoms with E-state index in [1.165, 1.54) is 39.0 Å². The molecule has 0 amide bonds. The number of hydrogen-bond acceptors (Lipinski definition) is 2. The predicted molar refractivity (Wildman–Crippen MR) is 58.4 cm³/mol. The molecule has 3 heteroatoms. The van der Waals surface area contributed by atoms with Crippen molar-refractivity contribution in [3.05, 3.63) is 0 Å². The molecule has 1 heterocycles. The molecule has 1 fully saturated rings. The Hall–Kier alpha value is 0.210. The summed E-state index contributed by atoms with van der Waals surface area (Å²) in [5.74, 6) is 1.62. The van der Waals surface area contributed by atoms with Crippen LogP contribution in [0, 0.1) is 5.92 Å². The fraction of sp³-hybridized carbons (Fsp3) is 1.00. The molecule has 1 rings (SSSR count). The Labute approximate surface area is 86.8 Å². The highest BCUT2D eigenvalue weighted by molar-refractivity contribution is 6.18. The SMILES string of the molecule is CN(C)CCN1CCC(CCl)CC1. The van der Waals surface area contributed by atoms with Crippen LogP contribution >= 0.6 is 11.6 Å². The van der Waals surface area contributed by atoms with E-state index in [9.17, 15) is 0 Å². The van der Waals surface area contributed by atoms with E-state index in [4.69, 9.17) is 11.6 Å². The number of nitrogens with zero attached hydrogens (tertiary/aromatic N) is 2. The molecule has 0 aromatic carbocycles. The minimum Gasteiger partial charge on any atom is -0.308 e. The zero-order valence-electron chi connectivity index (χ0n) is 8.80. The first-order valence-electron chi connectivity index (χ1n) is 5.15. The lowest BCUT2D eigenvalue weighted by Crippen LogP contribution is -2.38. The minimum atomic E-state index is 0.775. The molecule has 1 aliphatic heterocycles. The van der Waals surface area contributed by atoms with Gasteiger partial charge in [-0.25, -0.2) is 0 Å². The summed E-state index contributed by atoms with van der Waals surface area (Å²) in [6.07, 6.45) is 2.58. The lowest BCUT2D eigenvalue weighted by molar-refractivity contribution is 0.178. The van der Waals surface area contributed by atoms with Crippen molar-refractivity contribution < 1.29 is 0 Å². The van der Waals surface area contributed by atoms with Crippen LogP contribution in [0.25, 0.3) is 0 Å². The van der Waals surface area contributed by atoms with Crippen molar-refractivity contribution >= 4 is 11.6 Å². The zero-order chi connectivity index (χ0) is 9.68.